The van der Waals surface area contributed by atoms with Gasteiger partial charge in [0, 0.05) is 19.4 Å². The van der Waals surface area contributed by atoms with Gasteiger partial charge in [-0.3, -0.25) is 9.59 Å². The highest BCUT2D eigenvalue weighted by atomic mass is 16.4. The molecular weight excluding hydrogens is 326 g/mol. The summed E-state index contributed by atoms with van der Waals surface area (Å²) in [6, 6.07) is 0. The van der Waals surface area contributed by atoms with E-state index in [1.807, 2.05) is 0 Å². The molecule has 4 nitrogen and oxygen atoms in total. The van der Waals surface area contributed by atoms with Gasteiger partial charge in [-0.25, -0.2) is 0 Å². The summed E-state index contributed by atoms with van der Waals surface area (Å²) < 4.78 is 0. The number of amides is 1. The Morgan fingerprint density at radius 2 is 1.04 bits per heavy atom. The van der Waals surface area contributed by atoms with Crippen molar-refractivity contribution >= 4 is 11.9 Å². The predicted octanol–water partition coefficient (Wildman–Crippen LogP) is 6.23. The number of carboxylic acid groups (broad SMARTS) is 1. The molecule has 0 radical (unpaired) electrons. The first-order valence-corrected chi connectivity index (χ1v) is 11.1. The Bertz CT molecular complexity index is 331. The van der Waals surface area contributed by atoms with Crippen molar-refractivity contribution in [2.75, 3.05) is 6.54 Å². The van der Waals surface area contributed by atoms with Crippen LogP contribution in [-0.2, 0) is 9.59 Å². The van der Waals surface area contributed by atoms with Gasteiger partial charge in [-0.1, -0.05) is 90.4 Å². The Morgan fingerprint density at radius 3 is 1.54 bits per heavy atom. The average Bonchev–Trinajstić information content (AvgIpc) is 2.61. The first-order chi connectivity index (χ1) is 12.7. The number of hydrogen-bond donors (Lipinski definition) is 2. The standard InChI is InChI=1S/C22H43NO3/c1-2-3-4-5-6-7-8-11-14-17-20-23-21(24)18-15-12-9-10-13-16-19-22(25)26/h2-20H2,1H3,(H,23,24)(H,25,26). The average molecular weight is 370 g/mol. The minimum Gasteiger partial charge on any atom is -0.481 e. The molecule has 0 aromatic carbocycles. The second kappa shape index (κ2) is 20.3. The lowest BCUT2D eigenvalue weighted by Gasteiger charge is -2.06. The molecule has 26 heavy (non-hydrogen) atoms. The molecule has 0 spiro atoms. The van der Waals surface area contributed by atoms with Gasteiger partial charge in [0.1, 0.15) is 0 Å². The van der Waals surface area contributed by atoms with Crippen molar-refractivity contribution in [1.82, 2.24) is 5.32 Å². The Balaban J connectivity index is 3.16. The van der Waals surface area contributed by atoms with Crippen molar-refractivity contribution in [1.29, 1.82) is 0 Å². The molecule has 0 saturated heterocycles. The molecule has 0 unspecified atom stereocenters. The maximum absolute atomic E-state index is 11.7. The zero-order chi connectivity index (χ0) is 19.3. The molecule has 0 aliphatic carbocycles. The van der Waals surface area contributed by atoms with Crippen LogP contribution in [-0.4, -0.2) is 23.5 Å². The lowest BCUT2D eigenvalue weighted by Crippen LogP contribution is -2.23. The van der Waals surface area contributed by atoms with Crippen LogP contribution in [0.4, 0.5) is 0 Å². The van der Waals surface area contributed by atoms with Crippen LogP contribution in [0.1, 0.15) is 122 Å². The minimum absolute atomic E-state index is 0.187. The summed E-state index contributed by atoms with van der Waals surface area (Å²) in [6.07, 6.45) is 20.1. The number of carboxylic acids is 1. The van der Waals surface area contributed by atoms with E-state index in [1.54, 1.807) is 0 Å². The lowest BCUT2D eigenvalue weighted by atomic mass is 10.1. The van der Waals surface area contributed by atoms with Gasteiger partial charge >= 0.3 is 5.97 Å². The number of unbranched alkanes of at least 4 members (excludes halogenated alkanes) is 14. The summed E-state index contributed by atoms with van der Waals surface area (Å²) in [4.78, 5) is 22.1. The van der Waals surface area contributed by atoms with Gasteiger partial charge in [-0.2, -0.15) is 0 Å². The second-order valence-electron chi connectivity index (χ2n) is 7.55. The summed E-state index contributed by atoms with van der Waals surface area (Å²) >= 11 is 0. The molecular formula is C22H43NO3. The molecule has 0 fully saturated rings. The van der Waals surface area contributed by atoms with Crippen LogP contribution < -0.4 is 5.32 Å². The molecule has 0 bridgehead atoms. The summed E-state index contributed by atoms with van der Waals surface area (Å²) in [7, 11) is 0. The van der Waals surface area contributed by atoms with Gasteiger partial charge in [-0.05, 0) is 19.3 Å². The van der Waals surface area contributed by atoms with Gasteiger partial charge in [0.2, 0.25) is 5.91 Å². The maximum Gasteiger partial charge on any atom is 0.303 e. The van der Waals surface area contributed by atoms with Crippen LogP contribution in [0, 0.1) is 0 Å². The molecule has 0 atom stereocenters. The van der Waals surface area contributed by atoms with E-state index in [9.17, 15) is 9.59 Å². The third-order valence-corrected chi connectivity index (χ3v) is 4.90. The normalized spacial score (nSPS) is 10.8. The Labute approximate surface area is 161 Å². The SMILES string of the molecule is CCCCCCCCCCCCNC(=O)CCCCCCCCC(=O)O. The van der Waals surface area contributed by atoms with Crippen LogP contribution in [0.5, 0.6) is 0 Å². The number of nitrogens with one attached hydrogen (secondary N) is 1. The fourth-order valence-corrected chi connectivity index (χ4v) is 3.20. The molecule has 1 amide bonds. The third-order valence-electron chi connectivity index (χ3n) is 4.90. The van der Waals surface area contributed by atoms with Gasteiger partial charge < -0.3 is 10.4 Å². The van der Waals surface area contributed by atoms with E-state index in [-0.39, 0.29) is 12.3 Å². The quantitative estimate of drug-likeness (QED) is 0.250. The van der Waals surface area contributed by atoms with E-state index in [1.165, 1.54) is 57.8 Å². The van der Waals surface area contributed by atoms with Crippen molar-refractivity contribution in [2.45, 2.75) is 122 Å². The number of carbonyl (C=O) groups is 2. The monoisotopic (exact) mass is 369 g/mol. The summed E-state index contributed by atoms with van der Waals surface area (Å²) in [5.74, 6) is -0.518. The van der Waals surface area contributed by atoms with Gasteiger partial charge in [0.25, 0.3) is 0 Å². The molecule has 4 heteroatoms. The van der Waals surface area contributed by atoms with E-state index in [4.69, 9.17) is 5.11 Å². The van der Waals surface area contributed by atoms with E-state index in [0.717, 1.165) is 51.5 Å². The highest BCUT2D eigenvalue weighted by molar-refractivity contribution is 5.75. The molecule has 0 heterocycles. The zero-order valence-corrected chi connectivity index (χ0v) is 17.2. The first kappa shape index (κ1) is 24.9. The minimum atomic E-state index is -0.705. The second-order valence-corrected chi connectivity index (χ2v) is 7.55. The number of carbonyl (C=O) groups excluding carboxylic acids is 1. The molecule has 0 aromatic heterocycles. The predicted molar refractivity (Wildman–Crippen MR) is 109 cm³/mol. The molecule has 0 aliphatic rings. The highest BCUT2D eigenvalue weighted by Gasteiger charge is 2.01. The van der Waals surface area contributed by atoms with Gasteiger partial charge in [0.15, 0.2) is 0 Å². The largest absolute Gasteiger partial charge is 0.481 e. The van der Waals surface area contributed by atoms with Crippen molar-refractivity contribution in [2.24, 2.45) is 0 Å². The van der Waals surface area contributed by atoms with Crippen molar-refractivity contribution in [3.8, 4) is 0 Å². The number of hydrogen-bond acceptors (Lipinski definition) is 2. The molecule has 0 aromatic rings. The smallest absolute Gasteiger partial charge is 0.303 e. The summed E-state index contributed by atoms with van der Waals surface area (Å²) in [5, 5.41) is 11.6. The van der Waals surface area contributed by atoms with Crippen LogP contribution in [0.15, 0.2) is 0 Å². The Hall–Kier alpha value is -1.06. The van der Waals surface area contributed by atoms with E-state index in [0.29, 0.717) is 6.42 Å². The maximum atomic E-state index is 11.7. The molecule has 154 valence electrons. The molecule has 2 N–H and O–H groups in total. The zero-order valence-electron chi connectivity index (χ0n) is 17.2. The van der Waals surface area contributed by atoms with Crippen LogP contribution in [0.3, 0.4) is 0 Å². The van der Waals surface area contributed by atoms with E-state index in [2.05, 4.69) is 12.2 Å². The Morgan fingerprint density at radius 1 is 0.615 bits per heavy atom. The summed E-state index contributed by atoms with van der Waals surface area (Å²) in [5.41, 5.74) is 0. The lowest BCUT2D eigenvalue weighted by molar-refractivity contribution is -0.137. The number of rotatable bonds is 20. The van der Waals surface area contributed by atoms with Crippen LogP contribution in [0.2, 0.25) is 0 Å². The first-order valence-electron chi connectivity index (χ1n) is 11.1. The molecule has 0 rings (SSSR count). The van der Waals surface area contributed by atoms with Crippen molar-refractivity contribution < 1.29 is 14.7 Å². The third kappa shape index (κ3) is 21.0. The summed E-state index contributed by atoms with van der Waals surface area (Å²) in [6.45, 7) is 3.08. The van der Waals surface area contributed by atoms with Crippen LogP contribution in [0.25, 0.3) is 0 Å². The molecule has 0 aliphatic heterocycles. The fourth-order valence-electron chi connectivity index (χ4n) is 3.20. The number of aliphatic carboxylic acids is 1. The van der Waals surface area contributed by atoms with Crippen molar-refractivity contribution in [3.05, 3.63) is 0 Å². The van der Waals surface area contributed by atoms with Crippen molar-refractivity contribution in [3.63, 3.8) is 0 Å². The Kier molecular flexibility index (Phi) is 19.4. The topological polar surface area (TPSA) is 66.4 Å². The van der Waals surface area contributed by atoms with E-state index < -0.39 is 5.97 Å². The molecule has 0 saturated carbocycles. The highest BCUT2D eigenvalue weighted by Crippen LogP contribution is 2.11. The van der Waals surface area contributed by atoms with Gasteiger partial charge in [-0.15, -0.1) is 0 Å². The fraction of sp³-hybridized carbons (Fsp3) is 0.909. The van der Waals surface area contributed by atoms with Crippen LogP contribution >= 0.6 is 0 Å². The van der Waals surface area contributed by atoms with E-state index >= 15 is 0 Å². The van der Waals surface area contributed by atoms with Gasteiger partial charge in [0.05, 0.1) is 0 Å².